The van der Waals surface area contributed by atoms with Crippen LogP contribution in [0.3, 0.4) is 0 Å². The smallest absolute Gasteiger partial charge is 0.410 e. The molecule has 0 aromatic heterocycles. The third kappa shape index (κ3) is 8.77. The Hall–Kier alpha value is -4.95. The topological polar surface area (TPSA) is 133 Å². The van der Waals surface area contributed by atoms with E-state index in [-0.39, 0.29) is 29.3 Å². The van der Waals surface area contributed by atoms with Crippen molar-refractivity contribution in [2.75, 3.05) is 4.90 Å². The van der Waals surface area contributed by atoms with E-state index in [0.29, 0.717) is 17.7 Å². The summed E-state index contributed by atoms with van der Waals surface area (Å²) in [6.45, 7) is 5.63. The second-order valence-electron chi connectivity index (χ2n) is 10.2. The van der Waals surface area contributed by atoms with Crippen molar-refractivity contribution < 1.29 is 40.7 Å². The number of guanidine groups is 1. The molecule has 0 saturated carbocycles. The van der Waals surface area contributed by atoms with Gasteiger partial charge in [0.2, 0.25) is 5.96 Å². The van der Waals surface area contributed by atoms with Gasteiger partial charge in [-0.25, -0.2) is 4.79 Å². The average molecular weight is 609 g/mol. The molecular weight excluding hydrogens is 582 g/mol. The number of carbonyl (C=O) groups excluding carboxylic acids is 2. The van der Waals surface area contributed by atoms with Crippen molar-refractivity contribution in [1.29, 1.82) is 5.41 Å². The van der Waals surface area contributed by atoms with E-state index in [9.17, 15) is 35.9 Å². The molecule has 228 valence electrons. The highest BCUT2D eigenvalue weighted by Crippen LogP contribution is 2.38. The summed E-state index contributed by atoms with van der Waals surface area (Å²) in [5, 5.41) is 15.6. The number of nitrogens with two attached hydrogens (primary N) is 1. The molecule has 15 heteroatoms. The minimum atomic E-state index is -5.13. The zero-order valence-electron chi connectivity index (χ0n) is 23.0. The van der Waals surface area contributed by atoms with Gasteiger partial charge in [0, 0.05) is 11.3 Å². The number of carbonyl (C=O) groups is 2. The van der Waals surface area contributed by atoms with Crippen molar-refractivity contribution in [3.63, 3.8) is 0 Å². The predicted molar refractivity (Wildman–Crippen MR) is 144 cm³/mol. The number of ether oxygens (including phenoxy) is 1. The van der Waals surface area contributed by atoms with Gasteiger partial charge in [-0.05, 0) is 59.0 Å². The Kier molecular flexibility index (Phi) is 9.47. The highest BCUT2D eigenvalue weighted by Gasteiger charge is 2.37. The van der Waals surface area contributed by atoms with Gasteiger partial charge in [-0.3, -0.25) is 20.4 Å². The molecule has 0 atom stereocenters. The molecule has 4 N–H and O–H groups in total. The first-order chi connectivity index (χ1) is 19.9. The lowest BCUT2D eigenvalue weighted by Gasteiger charge is -2.25. The largest absolute Gasteiger partial charge is 0.420 e. The summed E-state index contributed by atoms with van der Waals surface area (Å²) >= 11 is 0. The molecule has 0 aliphatic heterocycles. The maximum atomic E-state index is 13.3. The van der Waals surface area contributed by atoms with Crippen LogP contribution < -0.4 is 20.8 Å². The molecule has 43 heavy (non-hydrogen) atoms. The Morgan fingerprint density at radius 1 is 0.860 bits per heavy atom. The molecule has 3 rings (SSSR count). The third-order valence-corrected chi connectivity index (χ3v) is 5.98. The molecule has 3 aromatic rings. The zero-order chi connectivity index (χ0) is 32.2. The minimum absolute atomic E-state index is 0.0711. The van der Waals surface area contributed by atoms with E-state index < -0.39 is 47.2 Å². The van der Waals surface area contributed by atoms with E-state index in [1.54, 1.807) is 24.3 Å². The number of amides is 2. The van der Waals surface area contributed by atoms with Gasteiger partial charge in [0.15, 0.2) is 0 Å². The molecule has 0 aliphatic carbocycles. The van der Waals surface area contributed by atoms with Crippen LogP contribution in [0.2, 0.25) is 0 Å². The average Bonchev–Trinajstić information content (AvgIpc) is 2.90. The van der Waals surface area contributed by atoms with Crippen molar-refractivity contribution in [2.45, 2.75) is 45.1 Å². The molecule has 0 heterocycles. The van der Waals surface area contributed by atoms with E-state index in [0.717, 1.165) is 10.5 Å². The van der Waals surface area contributed by atoms with E-state index in [2.05, 4.69) is 15.7 Å². The molecule has 0 fully saturated rings. The molecule has 0 bridgehead atoms. The SMILES string of the molecule is CC(C)(C)c1ccc(N(Cc2ccc(C(=O)NC(=N)N=NN)cc2)C(=O)Oc2cc(C(F)(F)F)cc(C(F)(F)F)c2)cc1. The van der Waals surface area contributed by atoms with E-state index in [1.807, 2.05) is 20.8 Å². The summed E-state index contributed by atoms with van der Waals surface area (Å²) in [5.74, 6) is 2.58. The van der Waals surface area contributed by atoms with Crippen LogP contribution in [-0.2, 0) is 24.3 Å². The van der Waals surface area contributed by atoms with Crippen LogP contribution in [0.25, 0.3) is 0 Å². The van der Waals surface area contributed by atoms with E-state index >= 15 is 0 Å². The first kappa shape index (κ1) is 32.6. The number of hydrogen-bond donors (Lipinski definition) is 3. The normalized spacial score (nSPS) is 12.2. The van der Waals surface area contributed by atoms with Gasteiger partial charge < -0.3 is 10.6 Å². The summed E-state index contributed by atoms with van der Waals surface area (Å²) in [7, 11) is 0. The first-order valence-corrected chi connectivity index (χ1v) is 12.4. The molecule has 9 nitrogen and oxygen atoms in total. The second-order valence-corrected chi connectivity index (χ2v) is 10.2. The van der Waals surface area contributed by atoms with Crippen LogP contribution in [0.5, 0.6) is 5.75 Å². The number of benzene rings is 3. The van der Waals surface area contributed by atoms with Crippen LogP contribution in [0.15, 0.2) is 77.1 Å². The molecule has 0 radical (unpaired) electrons. The van der Waals surface area contributed by atoms with E-state index in [4.69, 9.17) is 16.0 Å². The lowest BCUT2D eigenvalue weighted by Crippen LogP contribution is -2.33. The molecular formula is C28H26F6N6O3. The first-order valence-electron chi connectivity index (χ1n) is 12.4. The summed E-state index contributed by atoms with van der Waals surface area (Å²) < 4.78 is 85.1. The second kappa shape index (κ2) is 12.5. The van der Waals surface area contributed by atoms with Gasteiger partial charge in [-0.1, -0.05) is 55.4 Å². The summed E-state index contributed by atoms with van der Waals surface area (Å²) in [5.41, 5.74) is -1.87. The number of halogens is 6. The van der Waals surface area contributed by atoms with E-state index in [1.165, 1.54) is 24.3 Å². The standard InChI is InChI=1S/C28H26F6N6O3/c1-26(2,3)18-8-10-21(11-9-18)40(15-16-4-6-17(7-5-16)23(41)37-24(35)38-39-36)25(42)43-22-13-19(27(29,30)31)12-20(14-22)28(32,33)34/h4-14H,15H2,1-3H3,(H4,35,36,37,38,41). The summed E-state index contributed by atoms with van der Waals surface area (Å²) in [4.78, 5) is 26.6. The quantitative estimate of drug-likeness (QED) is 0.0704. The Balaban J connectivity index is 1.96. The van der Waals surface area contributed by atoms with Gasteiger partial charge >= 0.3 is 18.4 Å². The van der Waals surface area contributed by atoms with Gasteiger partial charge in [-0.2, -0.15) is 26.3 Å². The fourth-order valence-electron chi connectivity index (χ4n) is 3.75. The lowest BCUT2D eigenvalue weighted by atomic mass is 9.87. The number of anilines is 1. The van der Waals surface area contributed by atoms with Crippen LogP contribution in [0.1, 0.15) is 53.4 Å². The number of rotatable bonds is 5. The zero-order valence-corrected chi connectivity index (χ0v) is 23.0. The van der Waals surface area contributed by atoms with Crippen molar-refractivity contribution in [2.24, 2.45) is 16.2 Å². The van der Waals surface area contributed by atoms with Gasteiger partial charge in [0.1, 0.15) is 5.75 Å². The van der Waals surface area contributed by atoms with Crippen LogP contribution in [0, 0.1) is 5.41 Å². The van der Waals surface area contributed by atoms with Crippen LogP contribution in [-0.4, -0.2) is 18.0 Å². The Morgan fingerprint density at radius 2 is 1.40 bits per heavy atom. The van der Waals surface area contributed by atoms with Gasteiger partial charge in [0.25, 0.3) is 5.91 Å². The number of nitrogens with one attached hydrogen (secondary N) is 2. The van der Waals surface area contributed by atoms with Gasteiger partial charge in [-0.15, -0.1) is 0 Å². The highest BCUT2D eigenvalue weighted by atomic mass is 19.4. The third-order valence-electron chi connectivity index (χ3n) is 5.98. The fraction of sp³-hybridized carbons (Fsp3) is 0.250. The molecule has 0 aliphatic rings. The number of nitrogens with zero attached hydrogens (tertiary/aromatic N) is 3. The molecule has 3 aromatic carbocycles. The molecule has 0 unspecified atom stereocenters. The van der Waals surface area contributed by atoms with Crippen molar-refractivity contribution >= 4 is 23.6 Å². The summed E-state index contributed by atoms with van der Waals surface area (Å²) in [6, 6.07) is 12.8. The minimum Gasteiger partial charge on any atom is -0.410 e. The van der Waals surface area contributed by atoms with Crippen molar-refractivity contribution in [3.8, 4) is 5.75 Å². The Bertz CT molecular complexity index is 1480. The van der Waals surface area contributed by atoms with Crippen molar-refractivity contribution in [1.82, 2.24) is 5.32 Å². The summed E-state index contributed by atoms with van der Waals surface area (Å²) in [6.07, 6.45) is -11.5. The fourth-order valence-corrected chi connectivity index (χ4v) is 3.75. The Morgan fingerprint density at radius 3 is 1.86 bits per heavy atom. The number of alkyl halides is 6. The molecule has 0 spiro atoms. The maximum Gasteiger partial charge on any atom is 0.420 e. The number of hydrogen-bond acceptors (Lipinski definition) is 5. The van der Waals surface area contributed by atoms with Crippen LogP contribution >= 0.6 is 0 Å². The monoisotopic (exact) mass is 608 g/mol. The maximum absolute atomic E-state index is 13.3. The predicted octanol–water partition coefficient (Wildman–Crippen LogP) is 7.22. The van der Waals surface area contributed by atoms with Crippen molar-refractivity contribution in [3.05, 3.63) is 94.5 Å². The highest BCUT2D eigenvalue weighted by molar-refractivity contribution is 6.05. The van der Waals surface area contributed by atoms with Gasteiger partial charge in [0.05, 0.1) is 17.7 Å². The van der Waals surface area contributed by atoms with Crippen LogP contribution in [0.4, 0.5) is 36.8 Å². The molecule has 0 saturated heterocycles. The molecule has 2 amide bonds. The Labute approximate surface area is 241 Å². The lowest BCUT2D eigenvalue weighted by molar-refractivity contribution is -0.143.